The van der Waals surface area contributed by atoms with Crippen molar-refractivity contribution in [3.05, 3.63) is 66.0 Å². The van der Waals surface area contributed by atoms with E-state index in [0.29, 0.717) is 17.7 Å². The summed E-state index contributed by atoms with van der Waals surface area (Å²) >= 11 is 0. The fourth-order valence-corrected chi connectivity index (χ4v) is 6.41. The first-order valence-electron chi connectivity index (χ1n) is 14.1. The SMILES string of the molecule is COc1ccc(C2CCC(CN(C(=O)C3CCCCC3)c3cccc(-c4cnn(C)c4)c3)CC2)cc1C. The van der Waals surface area contributed by atoms with E-state index in [1.807, 2.05) is 24.1 Å². The Morgan fingerprint density at radius 3 is 2.46 bits per heavy atom. The molecule has 5 rings (SSSR count). The van der Waals surface area contributed by atoms with Crippen LogP contribution in [0.1, 0.15) is 74.8 Å². The molecule has 0 atom stereocenters. The Bertz CT molecular complexity index is 1200. The number of benzene rings is 2. The highest BCUT2D eigenvalue weighted by Gasteiger charge is 2.31. The normalized spacial score (nSPS) is 20.5. The summed E-state index contributed by atoms with van der Waals surface area (Å²) in [7, 11) is 3.68. The van der Waals surface area contributed by atoms with Crippen LogP contribution in [0.2, 0.25) is 0 Å². The van der Waals surface area contributed by atoms with Gasteiger partial charge in [-0.1, -0.05) is 43.5 Å². The predicted octanol–water partition coefficient (Wildman–Crippen LogP) is 7.29. The van der Waals surface area contributed by atoms with Crippen molar-refractivity contribution in [2.45, 2.75) is 70.6 Å². The molecule has 5 heteroatoms. The van der Waals surface area contributed by atoms with Gasteiger partial charge in [-0.25, -0.2) is 0 Å². The molecule has 0 radical (unpaired) electrons. The van der Waals surface area contributed by atoms with E-state index in [4.69, 9.17) is 4.74 Å². The van der Waals surface area contributed by atoms with Crippen LogP contribution < -0.4 is 9.64 Å². The zero-order valence-electron chi connectivity index (χ0n) is 22.7. The highest BCUT2D eigenvalue weighted by molar-refractivity contribution is 5.95. The number of nitrogens with zero attached hydrogens (tertiary/aromatic N) is 3. The molecule has 2 aliphatic rings. The van der Waals surface area contributed by atoms with Crippen LogP contribution in [0.4, 0.5) is 5.69 Å². The highest BCUT2D eigenvalue weighted by atomic mass is 16.5. The van der Waals surface area contributed by atoms with Crippen molar-refractivity contribution in [1.29, 1.82) is 0 Å². The lowest BCUT2D eigenvalue weighted by molar-refractivity contribution is -0.123. The summed E-state index contributed by atoms with van der Waals surface area (Å²) in [5.41, 5.74) is 5.87. The molecule has 1 aromatic heterocycles. The number of carbonyl (C=O) groups is 1. The van der Waals surface area contributed by atoms with Crippen LogP contribution in [0.3, 0.4) is 0 Å². The zero-order chi connectivity index (χ0) is 25.8. The Kier molecular flexibility index (Phi) is 7.97. The minimum absolute atomic E-state index is 0.161. The number of aryl methyl sites for hydroxylation is 2. The Morgan fingerprint density at radius 2 is 1.78 bits per heavy atom. The molecule has 1 heterocycles. The van der Waals surface area contributed by atoms with Crippen LogP contribution in [-0.4, -0.2) is 29.3 Å². The molecule has 0 aliphatic heterocycles. The maximum atomic E-state index is 13.9. The van der Waals surface area contributed by atoms with Gasteiger partial charge in [0.2, 0.25) is 5.91 Å². The molecule has 37 heavy (non-hydrogen) atoms. The maximum absolute atomic E-state index is 13.9. The third-order valence-corrected chi connectivity index (χ3v) is 8.59. The number of carbonyl (C=O) groups excluding carboxylic acids is 1. The number of hydrogen-bond acceptors (Lipinski definition) is 3. The number of methoxy groups -OCH3 is 1. The third kappa shape index (κ3) is 5.92. The van der Waals surface area contributed by atoms with Gasteiger partial charge in [-0.15, -0.1) is 0 Å². The number of aromatic nitrogens is 2. The van der Waals surface area contributed by atoms with E-state index in [1.165, 1.54) is 43.2 Å². The highest BCUT2D eigenvalue weighted by Crippen LogP contribution is 2.39. The van der Waals surface area contributed by atoms with E-state index < -0.39 is 0 Å². The Balaban J connectivity index is 1.32. The summed E-state index contributed by atoms with van der Waals surface area (Å²) in [6, 6.07) is 15.1. The van der Waals surface area contributed by atoms with Crippen molar-refractivity contribution in [2.24, 2.45) is 18.9 Å². The number of rotatable bonds is 7. The molecular formula is C32H41N3O2. The summed E-state index contributed by atoms with van der Waals surface area (Å²) in [5, 5.41) is 4.35. The molecule has 3 aromatic rings. The maximum Gasteiger partial charge on any atom is 0.230 e. The number of hydrogen-bond donors (Lipinski definition) is 0. The summed E-state index contributed by atoms with van der Waals surface area (Å²) in [6.45, 7) is 2.95. The summed E-state index contributed by atoms with van der Waals surface area (Å²) in [4.78, 5) is 16.0. The standard InChI is InChI=1S/C32H41N3O2/c1-23-18-28(16-17-31(23)37-3)25-14-12-24(13-15-25)21-35(32(36)26-8-5-4-6-9-26)30-11-7-10-27(19-30)29-20-33-34(2)22-29/h7,10-11,16-20,22,24-26H,4-6,8-9,12-15,21H2,1-3H3. The molecule has 0 N–H and O–H groups in total. The van der Waals surface area contributed by atoms with Crippen molar-refractivity contribution in [2.75, 3.05) is 18.6 Å². The lowest BCUT2D eigenvalue weighted by Crippen LogP contribution is -2.41. The molecule has 1 amide bonds. The van der Waals surface area contributed by atoms with Gasteiger partial charge < -0.3 is 9.64 Å². The van der Waals surface area contributed by atoms with Gasteiger partial charge in [-0.05, 0) is 92.2 Å². The van der Waals surface area contributed by atoms with Gasteiger partial charge in [-0.2, -0.15) is 5.10 Å². The predicted molar refractivity (Wildman–Crippen MR) is 150 cm³/mol. The van der Waals surface area contributed by atoms with Gasteiger partial charge >= 0.3 is 0 Å². The molecule has 0 bridgehead atoms. The van der Waals surface area contributed by atoms with Crippen LogP contribution in [0, 0.1) is 18.8 Å². The van der Waals surface area contributed by atoms with Gasteiger partial charge in [0.25, 0.3) is 0 Å². The van der Waals surface area contributed by atoms with Crippen molar-refractivity contribution < 1.29 is 9.53 Å². The third-order valence-electron chi connectivity index (χ3n) is 8.59. The first kappa shape index (κ1) is 25.6. The lowest BCUT2D eigenvalue weighted by atomic mass is 9.78. The van der Waals surface area contributed by atoms with Gasteiger partial charge in [0.15, 0.2) is 0 Å². The first-order valence-corrected chi connectivity index (χ1v) is 14.1. The second kappa shape index (κ2) is 11.5. The molecule has 2 aliphatic carbocycles. The van der Waals surface area contributed by atoms with Crippen molar-refractivity contribution in [3.8, 4) is 16.9 Å². The van der Waals surface area contributed by atoms with Gasteiger partial charge in [-0.3, -0.25) is 9.48 Å². The molecule has 0 unspecified atom stereocenters. The van der Waals surface area contributed by atoms with E-state index in [0.717, 1.165) is 54.8 Å². The topological polar surface area (TPSA) is 47.4 Å². The van der Waals surface area contributed by atoms with E-state index in [9.17, 15) is 4.79 Å². The summed E-state index contributed by atoms with van der Waals surface area (Å²) in [6.07, 6.45) is 14.3. The molecule has 196 valence electrons. The van der Waals surface area contributed by atoms with Crippen LogP contribution in [0.25, 0.3) is 11.1 Å². The molecule has 5 nitrogen and oxygen atoms in total. The Labute approximate surface area is 221 Å². The fourth-order valence-electron chi connectivity index (χ4n) is 6.41. The average molecular weight is 500 g/mol. The first-order chi connectivity index (χ1) is 18.0. The summed E-state index contributed by atoms with van der Waals surface area (Å²) in [5.74, 6) is 2.58. The van der Waals surface area contributed by atoms with Crippen LogP contribution in [0.15, 0.2) is 54.9 Å². The van der Waals surface area contributed by atoms with Crippen molar-refractivity contribution >= 4 is 11.6 Å². The van der Waals surface area contributed by atoms with Crippen LogP contribution in [0.5, 0.6) is 5.75 Å². The van der Waals surface area contributed by atoms with Crippen molar-refractivity contribution in [1.82, 2.24) is 9.78 Å². The molecule has 0 spiro atoms. The smallest absolute Gasteiger partial charge is 0.230 e. The molecule has 2 aromatic carbocycles. The van der Waals surface area contributed by atoms with E-state index in [1.54, 1.807) is 7.11 Å². The van der Waals surface area contributed by atoms with E-state index in [2.05, 4.69) is 59.4 Å². The second-order valence-corrected chi connectivity index (χ2v) is 11.2. The Hall–Kier alpha value is -3.08. The quantitative estimate of drug-likeness (QED) is 0.343. The fraction of sp³-hybridized carbons (Fsp3) is 0.500. The van der Waals surface area contributed by atoms with E-state index in [-0.39, 0.29) is 5.92 Å². The molecule has 0 saturated heterocycles. The molecular weight excluding hydrogens is 458 g/mol. The van der Waals surface area contributed by atoms with E-state index >= 15 is 0 Å². The number of amides is 1. The van der Waals surface area contributed by atoms with Gasteiger partial charge in [0.1, 0.15) is 5.75 Å². The minimum atomic E-state index is 0.161. The number of anilines is 1. The van der Waals surface area contributed by atoms with Gasteiger partial charge in [0, 0.05) is 37.0 Å². The minimum Gasteiger partial charge on any atom is -0.496 e. The molecule has 2 fully saturated rings. The lowest BCUT2D eigenvalue weighted by Gasteiger charge is -2.35. The second-order valence-electron chi connectivity index (χ2n) is 11.2. The van der Waals surface area contributed by atoms with Crippen LogP contribution >= 0.6 is 0 Å². The van der Waals surface area contributed by atoms with Gasteiger partial charge in [0.05, 0.1) is 13.3 Å². The Morgan fingerprint density at radius 1 is 1.00 bits per heavy atom. The monoisotopic (exact) mass is 499 g/mol. The average Bonchev–Trinajstić information content (AvgIpc) is 3.38. The zero-order valence-corrected chi connectivity index (χ0v) is 22.7. The largest absolute Gasteiger partial charge is 0.496 e. The van der Waals surface area contributed by atoms with Crippen LogP contribution in [-0.2, 0) is 11.8 Å². The molecule has 2 saturated carbocycles. The number of ether oxygens (including phenoxy) is 1. The summed E-state index contributed by atoms with van der Waals surface area (Å²) < 4.78 is 7.29. The van der Waals surface area contributed by atoms with Crippen molar-refractivity contribution in [3.63, 3.8) is 0 Å².